The van der Waals surface area contributed by atoms with Gasteiger partial charge in [-0.3, -0.25) is 9.59 Å². The molecule has 7 heteroatoms. The maximum atomic E-state index is 12.1. The molecule has 0 saturated carbocycles. The molecule has 3 N–H and O–H groups in total. The molecule has 0 bridgehead atoms. The third-order valence-electron chi connectivity index (χ3n) is 2.83. The van der Waals surface area contributed by atoms with Crippen LogP contribution in [0.25, 0.3) is 0 Å². The van der Waals surface area contributed by atoms with Crippen LogP contribution < -0.4 is 21.3 Å². The summed E-state index contributed by atoms with van der Waals surface area (Å²) >= 11 is 0. The lowest BCUT2D eigenvalue weighted by molar-refractivity contribution is -0.123. The van der Waals surface area contributed by atoms with Crippen molar-refractivity contribution in [2.75, 3.05) is 33.4 Å². The van der Waals surface area contributed by atoms with E-state index in [1.54, 1.807) is 30.0 Å². The fourth-order valence-corrected chi connectivity index (χ4v) is 1.71. The Morgan fingerprint density at radius 2 is 2.24 bits per heavy atom. The molecule has 1 aromatic heterocycles. The van der Waals surface area contributed by atoms with Gasteiger partial charge in [-0.05, 0) is 31.5 Å². The number of amides is 1. The first kappa shape index (κ1) is 17.2. The van der Waals surface area contributed by atoms with Gasteiger partial charge in [-0.25, -0.2) is 0 Å². The quantitative estimate of drug-likeness (QED) is 0.580. The first-order valence-electron chi connectivity index (χ1n) is 6.97. The Hall–Kier alpha value is -1.86. The normalized spacial score (nSPS) is 10.4. The van der Waals surface area contributed by atoms with Crippen LogP contribution in [0, 0.1) is 0 Å². The molecule has 1 aromatic rings. The summed E-state index contributed by atoms with van der Waals surface area (Å²) in [4.78, 5) is 23.6. The number of methoxy groups -OCH3 is 1. The number of nitrogens with zero attached hydrogens (tertiary/aromatic N) is 1. The minimum Gasteiger partial charge on any atom is -0.478 e. The minimum absolute atomic E-state index is 0.173. The van der Waals surface area contributed by atoms with Crippen molar-refractivity contribution in [1.29, 1.82) is 0 Å². The van der Waals surface area contributed by atoms with Gasteiger partial charge in [-0.1, -0.05) is 0 Å². The molecule has 0 aliphatic heterocycles. The van der Waals surface area contributed by atoms with Gasteiger partial charge in [0.05, 0.1) is 6.61 Å². The lowest BCUT2D eigenvalue weighted by atomic mass is 10.3. The molecule has 1 heterocycles. The smallest absolute Gasteiger partial charge is 0.292 e. The van der Waals surface area contributed by atoms with E-state index in [0.717, 1.165) is 12.8 Å². The molecule has 0 atom stereocenters. The Morgan fingerprint density at radius 3 is 2.95 bits per heavy atom. The van der Waals surface area contributed by atoms with E-state index in [0.29, 0.717) is 26.2 Å². The van der Waals surface area contributed by atoms with Crippen molar-refractivity contribution in [3.05, 3.63) is 28.7 Å². The van der Waals surface area contributed by atoms with Gasteiger partial charge in [0.1, 0.15) is 0 Å². The zero-order valence-corrected chi connectivity index (χ0v) is 12.3. The van der Waals surface area contributed by atoms with Gasteiger partial charge in [-0.2, -0.15) is 0 Å². The molecule has 0 unspecified atom stereocenters. The molecule has 0 radical (unpaired) electrons. The Bertz CT molecular complexity index is 487. The second-order valence-corrected chi connectivity index (χ2v) is 4.50. The maximum Gasteiger partial charge on any atom is 0.292 e. The highest BCUT2D eigenvalue weighted by molar-refractivity contribution is 5.77. The van der Waals surface area contributed by atoms with Crippen molar-refractivity contribution in [3.8, 4) is 5.75 Å². The molecule has 21 heavy (non-hydrogen) atoms. The molecular weight excluding hydrogens is 274 g/mol. The molecule has 0 fully saturated rings. The number of nitrogens with two attached hydrogens (primary N) is 1. The number of pyridine rings is 1. The van der Waals surface area contributed by atoms with E-state index in [1.165, 1.54) is 0 Å². The molecule has 0 aromatic carbocycles. The van der Waals surface area contributed by atoms with Crippen LogP contribution in [-0.4, -0.2) is 43.9 Å². The van der Waals surface area contributed by atoms with Crippen LogP contribution >= 0.6 is 0 Å². The summed E-state index contributed by atoms with van der Waals surface area (Å²) in [6.07, 6.45) is 3.39. The Balaban J connectivity index is 2.49. The topological polar surface area (TPSA) is 95.6 Å². The molecular formula is C14H23N3O4. The molecule has 0 aliphatic carbocycles. The standard InChI is InChI=1S/C14H23N3O4/c1-20-10-7-16-13(18)11-21-12-5-4-9-17(14(12)19)8-3-2-6-15/h4-5,9H,2-3,6-8,10-11,15H2,1H3,(H,16,18). The molecule has 118 valence electrons. The number of hydrogen-bond donors (Lipinski definition) is 2. The van der Waals surface area contributed by atoms with Crippen LogP contribution in [0.15, 0.2) is 23.1 Å². The number of aryl methyl sites for hydroxylation is 1. The predicted molar refractivity (Wildman–Crippen MR) is 79.4 cm³/mol. The van der Waals surface area contributed by atoms with Gasteiger partial charge in [0, 0.05) is 26.4 Å². The van der Waals surface area contributed by atoms with E-state index in [4.69, 9.17) is 15.2 Å². The van der Waals surface area contributed by atoms with Crippen LogP contribution in [0.4, 0.5) is 0 Å². The second kappa shape index (κ2) is 9.95. The Kier molecular flexibility index (Phi) is 8.15. The third kappa shape index (κ3) is 6.42. The highest BCUT2D eigenvalue weighted by Gasteiger charge is 2.07. The van der Waals surface area contributed by atoms with Crippen molar-refractivity contribution in [2.24, 2.45) is 5.73 Å². The first-order chi connectivity index (χ1) is 10.2. The highest BCUT2D eigenvalue weighted by atomic mass is 16.5. The predicted octanol–water partition coefficient (Wildman–Crippen LogP) is -0.271. The lowest BCUT2D eigenvalue weighted by Crippen LogP contribution is -2.32. The Morgan fingerprint density at radius 1 is 1.43 bits per heavy atom. The fraction of sp³-hybridized carbons (Fsp3) is 0.571. The summed E-state index contributed by atoms with van der Waals surface area (Å²) in [7, 11) is 1.56. The van der Waals surface area contributed by atoms with E-state index in [9.17, 15) is 9.59 Å². The zero-order chi connectivity index (χ0) is 15.5. The van der Waals surface area contributed by atoms with E-state index in [2.05, 4.69) is 5.32 Å². The maximum absolute atomic E-state index is 12.1. The van der Waals surface area contributed by atoms with Crippen LogP contribution in [0.5, 0.6) is 5.75 Å². The van der Waals surface area contributed by atoms with Crippen molar-refractivity contribution in [3.63, 3.8) is 0 Å². The summed E-state index contributed by atoms with van der Waals surface area (Å²) in [6, 6.07) is 3.28. The number of rotatable bonds is 10. The highest BCUT2D eigenvalue weighted by Crippen LogP contribution is 2.02. The molecule has 7 nitrogen and oxygen atoms in total. The summed E-state index contributed by atoms with van der Waals surface area (Å²) in [5.41, 5.74) is 5.19. The van der Waals surface area contributed by atoms with Crippen LogP contribution in [0.2, 0.25) is 0 Å². The molecule has 0 saturated heterocycles. The number of aromatic nitrogens is 1. The van der Waals surface area contributed by atoms with Gasteiger partial charge in [0.25, 0.3) is 11.5 Å². The van der Waals surface area contributed by atoms with Crippen molar-refractivity contribution >= 4 is 5.91 Å². The van der Waals surface area contributed by atoms with Gasteiger partial charge in [0.15, 0.2) is 12.4 Å². The number of nitrogens with one attached hydrogen (secondary N) is 1. The number of carbonyl (C=O) groups is 1. The lowest BCUT2D eigenvalue weighted by Gasteiger charge is -2.09. The monoisotopic (exact) mass is 297 g/mol. The minimum atomic E-state index is -0.287. The summed E-state index contributed by atoms with van der Waals surface area (Å²) in [6.45, 7) is 1.85. The first-order valence-corrected chi connectivity index (χ1v) is 6.97. The van der Waals surface area contributed by atoms with Gasteiger partial charge >= 0.3 is 0 Å². The third-order valence-corrected chi connectivity index (χ3v) is 2.83. The van der Waals surface area contributed by atoms with Gasteiger partial charge in [-0.15, -0.1) is 0 Å². The fourth-order valence-electron chi connectivity index (χ4n) is 1.71. The largest absolute Gasteiger partial charge is 0.478 e. The van der Waals surface area contributed by atoms with Crippen molar-refractivity contribution in [1.82, 2.24) is 9.88 Å². The summed E-state index contributed by atoms with van der Waals surface area (Å²) in [5, 5.41) is 2.62. The molecule has 0 spiro atoms. The molecule has 1 rings (SSSR count). The van der Waals surface area contributed by atoms with Crippen LogP contribution in [0.1, 0.15) is 12.8 Å². The SMILES string of the molecule is COCCNC(=O)COc1cccn(CCCCN)c1=O. The number of unbranched alkanes of at least 4 members (excludes halogenated alkanes) is 1. The van der Waals surface area contributed by atoms with Gasteiger partial charge < -0.3 is 25.1 Å². The van der Waals surface area contributed by atoms with E-state index in [-0.39, 0.29) is 23.8 Å². The number of ether oxygens (including phenoxy) is 2. The molecule has 0 aliphatic rings. The van der Waals surface area contributed by atoms with Gasteiger partial charge in [0.2, 0.25) is 0 Å². The zero-order valence-electron chi connectivity index (χ0n) is 12.3. The average Bonchev–Trinajstić information content (AvgIpc) is 2.48. The number of carbonyl (C=O) groups excluding carboxylic acids is 1. The van der Waals surface area contributed by atoms with Crippen molar-refractivity contribution in [2.45, 2.75) is 19.4 Å². The van der Waals surface area contributed by atoms with Crippen LogP contribution in [0.3, 0.4) is 0 Å². The van der Waals surface area contributed by atoms with E-state index >= 15 is 0 Å². The molecule has 1 amide bonds. The van der Waals surface area contributed by atoms with Crippen molar-refractivity contribution < 1.29 is 14.3 Å². The van der Waals surface area contributed by atoms with E-state index < -0.39 is 0 Å². The second-order valence-electron chi connectivity index (χ2n) is 4.50. The number of hydrogen-bond acceptors (Lipinski definition) is 5. The summed E-state index contributed by atoms with van der Waals surface area (Å²) < 4.78 is 11.6. The Labute approximate surface area is 124 Å². The average molecular weight is 297 g/mol. The summed E-state index contributed by atoms with van der Waals surface area (Å²) in [5.74, 6) is -0.114. The van der Waals surface area contributed by atoms with Crippen LogP contribution in [-0.2, 0) is 16.1 Å². The van der Waals surface area contributed by atoms with E-state index in [1.807, 2.05) is 0 Å².